The highest BCUT2D eigenvalue weighted by molar-refractivity contribution is 5.98. The summed E-state index contributed by atoms with van der Waals surface area (Å²) in [5.41, 5.74) is 0.511. The lowest BCUT2D eigenvalue weighted by molar-refractivity contribution is -0.171. The zero-order valence-corrected chi connectivity index (χ0v) is 14.1. The minimum atomic E-state index is -0.688. The smallest absolute Gasteiger partial charge is 0.264 e. The molecule has 0 bridgehead atoms. The number of nitrogens with one attached hydrogen (secondary N) is 1. The zero-order chi connectivity index (χ0) is 17.3. The first-order chi connectivity index (χ1) is 11.5. The van der Waals surface area contributed by atoms with Crippen LogP contribution in [0.5, 0.6) is 0 Å². The normalized spacial score (nSPS) is 27.5. The van der Waals surface area contributed by atoms with Crippen LogP contribution in [0.25, 0.3) is 0 Å². The lowest BCUT2D eigenvalue weighted by Gasteiger charge is -2.42. The fourth-order valence-electron chi connectivity index (χ4n) is 3.49. The predicted molar refractivity (Wildman–Crippen MR) is 88.7 cm³/mol. The van der Waals surface area contributed by atoms with E-state index < -0.39 is 6.04 Å². The SMILES string of the molecule is C[C@@H]1CCCN2C(=O)C[C@H](C)[C@H](NC(=O)c3ccccc3)C(=O)N12. The number of hydrogen-bond acceptors (Lipinski definition) is 3. The number of amides is 3. The highest BCUT2D eigenvalue weighted by atomic mass is 16.2. The van der Waals surface area contributed by atoms with Gasteiger partial charge in [0.25, 0.3) is 11.8 Å². The molecular formula is C18H23N3O3. The van der Waals surface area contributed by atoms with Gasteiger partial charge in [0.05, 0.1) is 6.04 Å². The monoisotopic (exact) mass is 329 g/mol. The standard InChI is InChI=1S/C18H23N3O3/c1-12-11-15(22)20-10-6-7-13(2)21(20)18(24)16(12)19-17(23)14-8-4-3-5-9-14/h3-5,8-9,12-13,16H,6-7,10-11H2,1-2H3,(H,19,23)/t12-,13+,16-/m0/s1. The molecule has 2 heterocycles. The molecule has 0 spiro atoms. The number of hydrogen-bond donors (Lipinski definition) is 1. The van der Waals surface area contributed by atoms with Gasteiger partial charge in [-0.2, -0.15) is 0 Å². The largest absolute Gasteiger partial charge is 0.340 e. The van der Waals surface area contributed by atoms with Gasteiger partial charge in [-0.05, 0) is 37.8 Å². The maximum Gasteiger partial charge on any atom is 0.264 e. The van der Waals surface area contributed by atoms with Crippen LogP contribution < -0.4 is 5.32 Å². The van der Waals surface area contributed by atoms with Crippen LogP contribution in [0.4, 0.5) is 0 Å². The van der Waals surface area contributed by atoms with Crippen molar-refractivity contribution < 1.29 is 14.4 Å². The van der Waals surface area contributed by atoms with Crippen molar-refractivity contribution >= 4 is 17.7 Å². The minimum Gasteiger partial charge on any atom is -0.340 e. The molecule has 0 aromatic heterocycles. The van der Waals surface area contributed by atoms with Gasteiger partial charge in [0, 0.05) is 18.5 Å². The highest BCUT2D eigenvalue weighted by Gasteiger charge is 2.43. The molecule has 128 valence electrons. The number of hydrazine groups is 1. The van der Waals surface area contributed by atoms with Gasteiger partial charge in [0.15, 0.2) is 0 Å². The lowest BCUT2D eigenvalue weighted by atomic mass is 9.97. The molecule has 3 atom stereocenters. The van der Waals surface area contributed by atoms with Crippen LogP contribution in [0.3, 0.4) is 0 Å². The molecule has 6 nitrogen and oxygen atoms in total. The summed E-state index contributed by atoms with van der Waals surface area (Å²) in [6, 6.07) is 8.10. The maximum absolute atomic E-state index is 13.0. The van der Waals surface area contributed by atoms with Crippen molar-refractivity contribution in [1.29, 1.82) is 0 Å². The number of benzene rings is 1. The first-order valence-electron chi connectivity index (χ1n) is 8.48. The summed E-state index contributed by atoms with van der Waals surface area (Å²) >= 11 is 0. The van der Waals surface area contributed by atoms with E-state index in [0.29, 0.717) is 12.1 Å². The Morgan fingerprint density at radius 3 is 2.58 bits per heavy atom. The molecule has 3 rings (SSSR count). The number of carbonyl (C=O) groups is 3. The van der Waals surface area contributed by atoms with Crippen LogP contribution in [0, 0.1) is 5.92 Å². The van der Waals surface area contributed by atoms with Crippen molar-refractivity contribution in [2.45, 2.75) is 45.2 Å². The quantitative estimate of drug-likeness (QED) is 0.895. The summed E-state index contributed by atoms with van der Waals surface area (Å²) in [6.45, 7) is 4.36. The molecule has 2 saturated heterocycles. The number of rotatable bonds is 2. The van der Waals surface area contributed by atoms with Crippen LogP contribution in [-0.4, -0.2) is 46.4 Å². The summed E-state index contributed by atoms with van der Waals surface area (Å²) in [4.78, 5) is 38.0. The van der Waals surface area contributed by atoms with Crippen LogP contribution in [0.1, 0.15) is 43.5 Å². The van der Waals surface area contributed by atoms with Gasteiger partial charge < -0.3 is 5.32 Å². The van der Waals surface area contributed by atoms with Crippen molar-refractivity contribution in [3.63, 3.8) is 0 Å². The van der Waals surface area contributed by atoms with E-state index in [4.69, 9.17) is 0 Å². The summed E-state index contributed by atoms with van der Waals surface area (Å²) in [6.07, 6.45) is 2.02. The summed E-state index contributed by atoms with van der Waals surface area (Å²) in [7, 11) is 0. The third kappa shape index (κ3) is 3.00. The molecule has 2 fully saturated rings. The van der Waals surface area contributed by atoms with Crippen molar-refractivity contribution in [3.8, 4) is 0 Å². The second-order valence-corrected chi connectivity index (χ2v) is 6.69. The lowest BCUT2D eigenvalue weighted by Crippen LogP contribution is -2.60. The Balaban J connectivity index is 1.85. The third-order valence-electron chi connectivity index (χ3n) is 4.84. The van der Waals surface area contributed by atoms with Crippen molar-refractivity contribution in [2.24, 2.45) is 5.92 Å². The molecule has 6 heteroatoms. The van der Waals surface area contributed by atoms with Gasteiger partial charge in [0.1, 0.15) is 6.04 Å². The number of carbonyl (C=O) groups excluding carboxylic acids is 3. The van der Waals surface area contributed by atoms with E-state index in [0.717, 1.165) is 12.8 Å². The van der Waals surface area contributed by atoms with Gasteiger partial charge >= 0.3 is 0 Å². The second-order valence-electron chi connectivity index (χ2n) is 6.69. The first kappa shape index (κ1) is 16.5. The Hall–Kier alpha value is -2.37. The fourth-order valence-corrected chi connectivity index (χ4v) is 3.49. The van der Waals surface area contributed by atoms with Crippen LogP contribution >= 0.6 is 0 Å². The maximum atomic E-state index is 13.0. The summed E-state index contributed by atoms with van der Waals surface area (Å²) in [5.74, 6) is -0.759. The Morgan fingerprint density at radius 1 is 1.17 bits per heavy atom. The Morgan fingerprint density at radius 2 is 1.88 bits per heavy atom. The van der Waals surface area contributed by atoms with Gasteiger partial charge in [-0.3, -0.25) is 19.4 Å². The van der Waals surface area contributed by atoms with Crippen molar-refractivity contribution in [2.75, 3.05) is 6.54 Å². The highest BCUT2D eigenvalue weighted by Crippen LogP contribution is 2.27. The van der Waals surface area contributed by atoms with Gasteiger partial charge in [-0.15, -0.1) is 0 Å². The van der Waals surface area contributed by atoms with E-state index in [-0.39, 0.29) is 36.1 Å². The Kier molecular flexibility index (Phi) is 4.55. The molecule has 3 amide bonds. The van der Waals surface area contributed by atoms with E-state index in [1.165, 1.54) is 0 Å². The summed E-state index contributed by atoms with van der Waals surface area (Å²) in [5, 5.41) is 5.97. The van der Waals surface area contributed by atoms with Gasteiger partial charge in [-0.1, -0.05) is 25.1 Å². The average molecular weight is 329 g/mol. The molecule has 0 aliphatic carbocycles. The van der Waals surface area contributed by atoms with Gasteiger partial charge in [0.2, 0.25) is 5.91 Å². The van der Waals surface area contributed by atoms with Crippen molar-refractivity contribution in [1.82, 2.24) is 15.3 Å². The molecule has 2 aliphatic heterocycles. The second kappa shape index (κ2) is 6.63. The van der Waals surface area contributed by atoms with E-state index in [2.05, 4.69) is 5.32 Å². The van der Waals surface area contributed by atoms with E-state index in [1.807, 2.05) is 19.9 Å². The topological polar surface area (TPSA) is 69.7 Å². The zero-order valence-electron chi connectivity index (χ0n) is 14.1. The molecule has 0 unspecified atom stereocenters. The number of fused-ring (bicyclic) bond motifs is 1. The Labute approximate surface area is 141 Å². The van der Waals surface area contributed by atoms with Crippen LogP contribution in [-0.2, 0) is 9.59 Å². The Bertz CT molecular complexity index is 646. The minimum absolute atomic E-state index is 0.0309. The van der Waals surface area contributed by atoms with Crippen molar-refractivity contribution in [3.05, 3.63) is 35.9 Å². The molecule has 1 N–H and O–H groups in total. The average Bonchev–Trinajstić information content (AvgIpc) is 2.67. The van der Waals surface area contributed by atoms with Gasteiger partial charge in [-0.25, -0.2) is 5.01 Å². The first-order valence-corrected chi connectivity index (χ1v) is 8.48. The molecule has 2 aliphatic rings. The molecular weight excluding hydrogens is 306 g/mol. The molecule has 1 aromatic rings. The molecule has 1 aromatic carbocycles. The van der Waals surface area contributed by atoms with E-state index in [1.54, 1.807) is 34.3 Å². The predicted octanol–water partition coefficient (Wildman–Crippen LogP) is 1.58. The van der Waals surface area contributed by atoms with Crippen LogP contribution in [0.2, 0.25) is 0 Å². The molecule has 24 heavy (non-hydrogen) atoms. The van der Waals surface area contributed by atoms with E-state index in [9.17, 15) is 14.4 Å². The van der Waals surface area contributed by atoms with E-state index >= 15 is 0 Å². The molecule has 0 saturated carbocycles. The third-order valence-corrected chi connectivity index (χ3v) is 4.84. The molecule has 0 radical (unpaired) electrons. The fraction of sp³-hybridized carbons (Fsp3) is 0.500. The van der Waals surface area contributed by atoms with Crippen LogP contribution in [0.15, 0.2) is 30.3 Å². The number of nitrogens with zero attached hydrogens (tertiary/aromatic N) is 2. The summed E-state index contributed by atoms with van der Waals surface area (Å²) < 4.78 is 0.